The minimum Gasteiger partial charge on any atom is -0.374 e. The van der Waals surface area contributed by atoms with Gasteiger partial charge >= 0.3 is 0 Å². The lowest BCUT2D eigenvalue weighted by Crippen LogP contribution is -2.45. The second-order valence-electron chi connectivity index (χ2n) is 9.40. The zero-order valence-electron chi connectivity index (χ0n) is 20.3. The number of hydrogen-bond acceptors (Lipinski definition) is 7. The van der Waals surface area contributed by atoms with E-state index in [1.165, 1.54) is 10.9 Å². The smallest absolute Gasteiger partial charge is 0.157 e. The Morgan fingerprint density at radius 2 is 1.55 bits per heavy atom. The second-order valence-corrected chi connectivity index (χ2v) is 9.40. The average molecular weight is 452 g/mol. The van der Waals surface area contributed by atoms with Gasteiger partial charge in [0.1, 0.15) is 17.9 Å². The molecule has 178 valence electrons. The molecule has 0 N–H and O–H groups in total. The fourth-order valence-electron chi connectivity index (χ4n) is 4.96. The van der Waals surface area contributed by atoms with Crippen LogP contribution in [0.3, 0.4) is 0 Å². The van der Waals surface area contributed by atoms with E-state index >= 15 is 0 Å². The van der Waals surface area contributed by atoms with Crippen molar-refractivity contribution in [1.29, 1.82) is 0 Å². The van der Waals surface area contributed by atoms with Crippen molar-refractivity contribution in [3.63, 3.8) is 0 Å². The summed E-state index contributed by atoms with van der Waals surface area (Å²) >= 11 is 0. The molecule has 8 nitrogen and oxygen atoms in total. The maximum atomic E-state index is 5.86. The van der Waals surface area contributed by atoms with Crippen LogP contribution in [0, 0.1) is 0 Å². The van der Waals surface area contributed by atoms with E-state index in [-0.39, 0.29) is 0 Å². The minimum atomic E-state index is 0.532. The Morgan fingerprint density at radius 3 is 2.27 bits per heavy atom. The first kappa shape index (κ1) is 22.5. The molecular formula is C25H37N7O. The van der Waals surface area contributed by atoms with Gasteiger partial charge in [0.25, 0.3) is 0 Å². The van der Waals surface area contributed by atoms with Gasteiger partial charge in [-0.1, -0.05) is 18.2 Å². The van der Waals surface area contributed by atoms with Crippen LogP contribution in [-0.2, 0) is 17.9 Å². The van der Waals surface area contributed by atoms with Gasteiger partial charge in [-0.25, -0.2) is 9.97 Å². The summed E-state index contributed by atoms with van der Waals surface area (Å²) in [6, 6.07) is 8.52. The fraction of sp³-hybridized carbons (Fsp3) is 0.600. The third-order valence-corrected chi connectivity index (χ3v) is 7.12. The van der Waals surface area contributed by atoms with Crippen LogP contribution in [0.15, 0.2) is 24.3 Å². The first-order valence-corrected chi connectivity index (χ1v) is 12.3. The topological polar surface area (TPSA) is 52.9 Å². The van der Waals surface area contributed by atoms with E-state index in [2.05, 4.69) is 62.5 Å². The summed E-state index contributed by atoms with van der Waals surface area (Å²) in [4.78, 5) is 20.1. The van der Waals surface area contributed by atoms with E-state index in [1.54, 1.807) is 0 Å². The van der Waals surface area contributed by atoms with Gasteiger partial charge in [-0.2, -0.15) is 0 Å². The molecule has 0 aliphatic carbocycles. The van der Waals surface area contributed by atoms with Crippen molar-refractivity contribution in [2.75, 3.05) is 84.5 Å². The first-order valence-electron chi connectivity index (χ1n) is 12.3. The maximum absolute atomic E-state index is 5.86. The largest absolute Gasteiger partial charge is 0.374 e. The summed E-state index contributed by atoms with van der Waals surface area (Å²) in [6.07, 6.45) is 0. The number of nitrogens with zero attached hydrogens (tertiary/aromatic N) is 7. The average Bonchev–Trinajstić information content (AvgIpc) is 3.21. The lowest BCUT2D eigenvalue weighted by atomic mass is 10.1. The van der Waals surface area contributed by atoms with Crippen LogP contribution in [0.2, 0.25) is 0 Å². The molecule has 0 spiro atoms. The van der Waals surface area contributed by atoms with Crippen molar-refractivity contribution in [3.8, 4) is 0 Å². The Kier molecular flexibility index (Phi) is 6.78. The van der Waals surface area contributed by atoms with Crippen LogP contribution in [0.5, 0.6) is 0 Å². The highest BCUT2D eigenvalue weighted by molar-refractivity contribution is 6.07. The van der Waals surface area contributed by atoms with Crippen molar-refractivity contribution in [2.24, 2.45) is 0 Å². The standard InChI is InChI=1S/C25H37N7O/c1-4-33-19-22-27-23-24(32(22)18-15-30-13-9-28(2)10-14-30)20-7-5-6-8-21(20)26-25(23)31-16-11-29(3)12-17-31/h5-8H,4,9-19H2,1-3H3. The number of aromatic nitrogens is 3. The maximum Gasteiger partial charge on any atom is 0.157 e. The van der Waals surface area contributed by atoms with Gasteiger partial charge in [0.15, 0.2) is 5.82 Å². The number of likely N-dealkylation sites (N-methyl/N-ethyl adjacent to an activating group) is 2. The monoisotopic (exact) mass is 451 g/mol. The third kappa shape index (κ3) is 4.71. The minimum absolute atomic E-state index is 0.532. The number of rotatable bonds is 7. The van der Waals surface area contributed by atoms with Crippen LogP contribution in [0.1, 0.15) is 12.7 Å². The molecule has 2 saturated heterocycles. The highest BCUT2D eigenvalue weighted by Gasteiger charge is 2.24. The van der Waals surface area contributed by atoms with Crippen LogP contribution in [0.25, 0.3) is 21.9 Å². The molecule has 1 aromatic carbocycles. The molecule has 0 unspecified atom stereocenters. The highest BCUT2D eigenvalue weighted by atomic mass is 16.5. The Bertz CT molecular complexity index is 1080. The summed E-state index contributed by atoms with van der Waals surface area (Å²) in [5.74, 6) is 2.03. The molecule has 0 atom stereocenters. The zero-order chi connectivity index (χ0) is 22.8. The number of imidazole rings is 1. The van der Waals surface area contributed by atoms with Crippen LogP contribution >= 0.6 is 0 Å². The quantitative estimate of drug-likeness (QED) is 0.545. The SMILES string of the molecule is CCOCc1nc2c(N3CCN(C)CC3)nc3ccccc3c2n1CCN1CCN(C)CC1. The number of pyridine rings is 1. The van der Waals surface area contributed by atoms with E-state index in [0.717, 1.165) is 88.1 Å². The summed E-state index contributed by atoms with van der Waals surface area (Å²) in [7, 11) is 4.40. The molecule has 2 fully saturated rings. The van der Waals surface area contributed by atoms with E-state index in [0.29, 0.717) is 13.2 Å². The third-order valence-electron chi connectivity index (χ3n) is 7.12. The molecular weight excluding hydrogens is 414 g/mol. The zero-order valence-corrected chi connectivity index (χ0v) is 20.3. The number of piperazine rings is 2. The van der Waals surface area contributed by atoms with Crippen molar-refractivity contribution in [3.05, 3.63) is 30.1 Å². The summed E-state index contributed by atoms with van der Waals surface area (Å²) < 4.78 is 8.27. The number of ether oxygens (including phenoxy) is 1. The molecule has 8 heteroatoms. The molecule has 5 rings (SSSR count). The van der Waals surface area contributed by atoms with E-state index in [9.17, 15) is 0 Å². The highest BCUT2D eigenvalue weighted by Crippen LogP contribution is 2.33. The second kappa shape index (κ2) is 9.93. The van der Waals surface area contributed by atoms with Gasteiger partial charge in [0, 0.05) is 77.4 Å². The molecule has 3 aromatic rings. The number of fused-ring (bicyclic) bond motifs is 3. The molecule has 2 aromatic heterocycles. The van der Waals surface area contributed by atoms with Crippen molar-refractivity contribution in [1.82, 2.24) is 29.2 Å². The van der Waals surface area contributed by atoms with Gasteiger partial charge in [0.2, 0.25) is 0 Å². The van der Waals surface area contributed by atoms with Crippen LogP contribution in [0.4, 0.5) is 5.82 Å². The van der Waals surface area contributed by atoms with Gasteiger partial charge < -0.3 is 24.0 Å². The molecule has 0 bridgehead atoms. The lowest BCUT2D eigenvalue weighted by molar-refractivity contribution is 0.123. The number of para-hydroxylation sites is 1. The van der Waals surface area contributed by atoms with Crippen molar-refractivity contribution >= 4 is 27.8 Å². The van der Waals surface area contributed by atoms with Gasteiger partial charge in [-0.15, -0.1) is 0 Å². The Morgan fingerprint density at radius 1 is 0.848 bits per heavy atom. The van der Waals surface area contributed by atoms with E-state index in [4.69, 9.17) is 14.7 Å². The van der Waals surface area contributed by atoms with Gasteiger partial charge in [-0.05, 0) is 27.1 Å². The predicted molar refractivity (Wildman–Crippen MR) is 134 cm³/mol. The molecule has 2 aliphatic heterocycles. The van der Waals surface area contributed by atoms with E-state index in [1.807, 2.05) is 6.92 Å². The van der Waals surface area contributed by atoms with Gasteiger partial charge in [0.05, 0.1) is 11.0 Å². The summed E-state index contributed by atoms with van der Waals surface area (Å²) in [5, 5.41) is 1.18. The van der Waals surface area contributed by atoms with Crippen molar-refractivity contribution in [2.45, 2.75) is 20.1 Å². The first-order chi connectivity index (χ1) is 16.1. The fourth-order valence-corrected chi connectivity index (χ4v) is 4.96. The number of hydrogen-bond donors (Lipinski definition) is 0. The molecule has 0 amide bonds. The van der Waals surface area contributed by atoms with E-state index < -0.39 is 0 Å². The number of benzene rings is 1. The Balaban J connectivity index is 1.57. The van der Waals surface area contributed by atoms with Crippen LogP contribution in [-0.4, -0.2) is 109 Å². The van der Waals surface area contributed by atoms with Crippen LogP contribution < -0.4 is 4.90 Å². The number of anilines is 1. The Labute approximate surface area is 196 Å². The van der Waals surface area contributed by atoms with Gasteiger partial charge in [-0.3, -0.25) is 4.90 Å². The summed E-state index contributed by atoms with van der Waals surface area (Å²) in [5.41, 5.74) is 3.27. The predicted octanol–water partition coefficient (Wildman–Crippen LogP) is 2.12. The normalized spacial score (nSPS) is 19.2. The lowest BCUT2D eigenvalue weighted by Gasteiger charge is -2.33. The summed E-state index contributed by atoms with van der Waals surface area (Å²) in [6.45, 7) is 13.8. The molecule has 4 heterocycles. The van der Waals surface area contributed by atoms with Crippen molar-refractivity contribution < 1.29 is 4.74 Å². The molecule has 2 aliphatic rings. The molecule has 0 radical (unpaired) electrons. The Hall–Kier alpha value is -2.26. The molecule has 0 saturated carbocycles. The molecule has 33 heavy (non-hydrogen) atoms.